The largest absolute Gasteiger partial charge is 0.419 e. The Kier molecular flexibility index (Phi) is 8.85. The van der Waals surface area contributed by atoms with Gasteiger partial charge in [0.15, 0.2) is 5.78 Å². The maximum atomic E-state index is 14.0. The molecule has 0 saturated carbocycles. The van der Waals surface area contributed by atoms with Gasteiger partial charge in [-0.25, -0.2) is 0 Å². The van der Waals surface area contributed by atoms with Crippen molar-refractivity contribution in [3.05, 3.63) is 0 Å². The Morgan fingerprint density at radius 3 is 1.77 bits per heavy atom. The van der Waals surface area contributed by atoms with E-state index in [0.29, 0.717) is 11.4 Å². The van der Waals surface area contributed by atoms with Crippen molar-refractivity contribution in [2.75, 3.05) is 46.9 Å². The van der Waals surface area contributed by atoms with E-state index < -0.39 is 27.9 Å². The minimum atomic E-state index is -5.75. The molecule has 1 fully saturated rings. The maximum absolute atomic E-state index is 14.0. The summed E-state index contributed by atoms with van der Waals surface area (Å²) in [7, 11) is -2.60. The van der Waals surface area contributed by atoms with Gasteiger partial charge in [-0.15, -0.1) is 0 Å². The molecule has 1 saturated heterocycles. The van der Waals surface area contributed by atoms with Gasteiger partial charge in [-0.3, -0.25) is 13.5 Å². The molecule has 0 radical (unpaired) electrons. The monoisotopic (exact) mass is 418 g/mol. The lowest BCUT2D eigenvalue weighted by Crippen LogP contribution is -2.59. The minimum absolute atomic E-state index is 0.190. The zero-order valence-electron chi connectivity index (χ0n) is 14.8. The number of carbonyl (C=O) groups excluding carboxylic acids is 1. The Morgan fingerprint density at radius 1 is 1.12 bits per heavy atom. The lowest BCUT2D eigenvalue weighted by Gasteiger charge is -2.53. The number of aliphatic hydroxyl groups is 1. The average Bonchev–Trinajstić information content (AvgIpc) is 2.53. The zero-order chi connectivity index (χ0) is 21.0. The summed E-state index contributed by atoms with van der Waals surface area (Å²) in [4.78, 5) is 11.3. The van der Waals surface area contributed by atoms with Crippen molar-refractivity contribution in [1.29, 1.82) is 0 Å². The lowest BCUT2D eigenvalue weighted by atomic mass is 10.2. The summed E-state index contributed by atoms with van der Waals surface area (Å²) in [5.74, 6) is -10.9. The fourth-order valence-electron chi connectivity index (χ4n) is 1.83. The average molecular weight is 418 g/mol. The first-order valence-corrected chi connectivity index (χ1v) is 8.84. The highest BCUT2D eigenvalue weighted by molar-refractivity contribution is 8.24. The third-order valence-corrected chi connectivity index (χ3v) is 5.97. The molecule has 1 aliphatic rings. The number of piperazine rings is 1. The summed E-state index contributed by atoms with van der Waals surface area (Å²) in [5, 5.41) is 2.37. The quantitative estimate of drug-likeness (QED) is 0.646. The normalized spacial score (nSPS) is 21.4. The van der Waals surface area contributed by atoms with E-state index in [0.717, 1.165) is 0 Å². The van der Waals surface area contributed by atoms with Gasteiger partial charge in [0, 0.05) is 33.1 Å². The Balaban J connectivity index is 0.00000110. The van der Waals surface area contributed by atoms with Gasteiger partial charge in [0.25, 0.3) is 0 Å². The SMILES string of the molecule is CC(=O)CO.COS(O)(N1CCN(C)CC1)C(F)(F)C(F)(F)C(C)(F)F. The first-order valence-electron chi connectivity index (χ1n) is 7.36. The Labute approximate surface area is 149 Å². The van der Waals surface area contributed by atoms with Crippen LogP contribution in [0.5, 0.6) is 0 Å². The van der Waals surface area contributed by atoms with E-state index in [2.05, 4.69) is 4.18 Å². The number of ketones is 1. The first kappa shape index (κ1) is 25.4. The van der Waals surface area contributed by atoms with Gasteiger partial charge >= 0.3 is 17.1 Å². The summed E-state index contributed by atoms with van der Waals surface area (Å²) in [5.41, 5.74) is 0. The number of aliphatic hydroxyl groups excluding tert-OH is 1. The zero-order valence-corrected chi connectivity index (χ0v) is 15.6. The maximum Gasteiger partial charge on any atom is 0.419 e. The van der Waals surface area contributed by atoms with Gasteiger partial charge in [-0.2, -0.15) is 30.6 Å². The molecule has 1 unspecified atom stereocenters. The molecule has 0 aromatic carbocycles. The topological polar surface area (TPSA) is 73.2 Å². The van der Waals surface area contributed by atoms with Gasteiger partial charge in [-0.05, 0) is 14.0 Å². The summed E-state index contributed by atoms with van der Waals surface area (Å²) in [6, 6.07) is 0. The van der Waals surface area contributed by atoms with Crippen molar-refractivity contribution in [3.63, 3.8) is 0 Å². The minimum Gasteiger partial charge on any atom is -0.389 e. The Hall–Kier alpha value is -0.600. The van der Waals surface area contributed by atoms with Crippen molar-refractivity contribution in [3.8, 4) is 0 Å². The molecule has 0 aliphatic carbocycles. The van der Waals surface area contributed by atoms with Crippen molar-refractivity contribution in [2.24, 2.45) is 0 Å². The fourth-order valence-corrected chi connectivity index (χ4v) is 3.75. The van der Waals surface area contributed by atoms with Crippen molar-refractivity contribution in [1.82, 2.24) is 9.21 Å². The highest BCUT2D eigenvalue weighted by Crippen LogP contribution is 2.68. The molecule has 0 aromatic heterocycles. The van der Waals surface area contributed by atoms with Crippen LogP contribution in [0.4, 0.5) is 26.3 Å². The number of nitrogens with zero attached hydrogens (tertiary/aromatic N) is 2. The number of hydrogen-bond donors (Lipinski definition) is 2. The first-order chi connectivity index (χ1) is 11.6. The third kappa shape index (κ3) is 5.23. The molecule has 0 bridgehead atoms. The summed E-state index contributed by atoms with van der Waals surface area (Å²) >= 11 is 0. The van der Waals surface area contributed by atoms with Crippen LogP contribution in [0.15, 0.2) is 0 Å². The van der Waals surface area contributed by atoms with E-state index in [9.17, 15) is 35.7 Å². The summed E-state index contributed by atoms with van der Waals surface area (Å²) < 4.78 is 95.5. The molecule has 1 atom stereocenters. The van der Waals surface area contributed by atoms with Crippen LogP contribution in [0.25, 0.3) is 0 Å². The molecule has 13 heteroatoms. The van der Waals surface area contributed by atoms with E-state index in [1.165, 1.54) is 6.92 Å². The predicted octanol–water partition coefficient (Wildman–Crippen LogP) is 2.44. The molecule has 1 heterocycles. The molecular formula is C13H24F6N2O4S. The highest BCUT2D eigenvalue weighted by Gasteiger charge is 2.76. The Bertz CT molecular complexity index is 472. The van der Waals surface area contributed by atoms with Gasteiger partial charge in [0.05, 0.1) is 7.11 Å². The van der Waals surface area contributed by atoms with E-state index in [-0.39, 0.29) is 45.5 Å². The number of hydrogen-bond acceptors (Lipinski definition) is 6. The number of Topliss-reactive ketones (excluding diaryl/α,β-unsaturated/α-hetero) is 1. The molecule has 158 valence electrons. The van der Waals surface area contributed by atoms with Crippen LogP contribution in [0.3, 0.4) is 0 Å². The molecule has 0 spiro atoms. The van der Waals surface area contributed by atoms with Crippen molar-refractivity contribution < 1.29 is 45.0 Å². The lowest BCUT2D eigenvalue weighted by molar-refractivity contribution is -0.275. The highest BCUT2D eigenvalue weighted by atomic mass is 32.3. The van der Waals surface area contributed by atoms with Gasteiger partial charge in [0.2, 0.25) is 0 Å². The van der Waals surface area contributed by atoms with E-state index >= 15 is 0 Å². The standard InChI is InChI=1S/C10H18F6N2O2S.C3H6O2/c1-8(11,12)9(13,14)10(15,16)21(19,20-3)18-6-4-17(2)5-7-18;1-3(5)2-4/h19H,4-7H2,1-3H3;4H,2H2,1H3. The van der Waals surface area contributed by atoms with Crippen LogP contribution in [-0.4, -0.2) is 88.7 Å². The molecule has 0 amide bonds. The Morgan fingerprint density at radius 2 is 1.50 bits per heavy atom. The number of likely N-dealkylation sites (N-methyl/N-ethyl adjacent to an activating group) is 1. The van der Waals surface area contributed by atoms with E-state index in [1.54, 1.807) is 11.9 Å². The van der Waals surface area contributed by atoms with E-state index in [1.807, 2.05) is 0 Å². The summed E-state index contributed by atoms with van der Waals surface area (Å²) in [6.45, 7) is 0.709. The van der Waals surface area contributed by atoms with Crippen LogP contribution in [-0.2, 0) is 8.98 Å². The third-order valence-electron chi connectivity index (χ3n) is 3.52. The fraction of sp³-hybridized carbons (Fsp3) is 0.923. The van der Waals surface area contributed by atoms with Crippen LogP contribution >= 0.6 is 10.8 Å². The van der Waals surface area contributed by atoms with Crippen LogP contribution in [0, 0.1) is 0 Å². The van der Waals surface area contributed by atoms with Crippen LogP contribution < -0.4 is 0 Å². The second-order valence-corrected chi connectivity index (χ2v) is 8.09. The van der Waals surface area contributed by atoms with Gasteiger partial charge in [0.1, 0.15) is 6.61 Å². The van der Waals surface area contributed by atoms with Crippen molar-refractivity contribution >= 4 is 16.6 Å². The predicted molar refractivity (Wildman–Crippen MR) is 84.6 cm³/mol. The molecule has 2 N–H and O–H groups in total. The number of alkyl halides is 6. The second-order valence-electron chi connectivity index (χ2n) is 5.74. The second kappa shape index (κ2) is 9.06. The van der Waals surface area contributed by atoms with Gasteiger partial charge in [-0.1, -0.05) is 10.8 Å². The van der Waals surface area contributed by atoms with Crippen molar-refractivity contribution in [2.45, 2.75) is 30.9 Å². The number of halogens is 6. The molecule has 1 rings (SSSR count). The molecular weight excluding hydrogens is 394 g/mol. The molecule has 1 aliphatic heterocycles. The summed E-state index contributed by atoms with van der Waals surface area (Å²) in [6.07, 6.45) is 0. The smallest absolute Gasteiger partial charge is 0.389 e. The molecule has 6 nitrogen and oxygen atoms in total. The van der Waals surface area contributed by atoms with Gasteiger partial charge < -0.3 is 10.0 Å². The van der Waals surface area contributed by atoms with Crippen LogP contribution in [0.2, 0.25) is 0 Å². The van der Waals surface area contributed by atoms with E-state index in [4.69, 9.17) is 5.11 Å². The number of rotatable bonds is 6. The molecule has 0 aromatic rings. The molecule has 26 heavy (non-hydrogen) atoms. The van der Waals surface area contributed by atoms with Crippen LogP contribution in [0.1, 0.15) is 13.8 Å². The number of carbonyl (C=O) groups is 1.